The van der Waals surface area contributed by atoms with Crippen molar-refractivity contribution in [1.82, 2.24) is 14.7 Å². The maximum absolute atomic E-state index is 13.5. The van der Waals surface area contributed by atoms with Crippen LogP contribution in [0.4, 0.5) is 0 Å². The lowest BCUT2D eigenvalue weighted by molar-refractivity contribution is -0.135. The minimum Gasteiger partial charge on any atom is -0.340 e. The van der Waals surface area contributed by atoms with Crippen molar-refractivity contribution in [2.24, 2.45) is 5.41 Å². The molecular weight excluding hydrogens is 478 g/mol. The zero-order valence-corrected chi connectivity index (χ0v) is 21.3. The molecule has 1 spiro atoms. The summed E-state index contributed by atoms with van der Waals surface area (Å²) in [5, 5.41) is 0. The van der Waals surface area contributed by atoms with E-state index in [1.807, 2.05) is 11.8 Å². The van der Waals surface area contributed by atoms with Crippen LogP contribution in [0.2, 0.25) is 0 Å². The van der Waals surface area contributed by atoms with E-state index in [4.69, 9.17) is 0 Å². The Morgan fingerprint density at radius 2 is 1.44 bits per heavy atom. The van der Waals surface area contributed by atoms with Crippen molar-refractivity contribution in [2.45, 2.75) is 45.6 Å². The molecule has 36 heavy (non-hydrogen) atoms. The summed E-state index contributed by atoms with van der Waals surface area (Å²) in [6, 6.07) is 9.30. The van der Waals surface area contributed by atoms with Crippen molar-refractivity contribution >= 4 is 40.7 Å². The molecule has 5 rings (SSSR count). The SMILES string of the molecule is CCC(C(=O)N1CCC2(CCN(C(=O)c3ccc(C(C)=O)s3)CC2)C1)N1C(=O)c2ccccc2C1=O. The fourth-order valence-corrected chi connectivity index (χ4v) is 6.55. The molecule has 0 radical (unpaired) electrons. The zero-order valence-electron chi connectivity index (χ0n) is 20.5. The van der Waals surface area contributed by atoms with E-state index < -0.39 is 17.9 Å². The Labute approximate surface area is 213 Å². The molecule has 1 aromatic carbocycles. The molecule has 2 aromatic rings. The quantitative estimate of drug-likeness (QED) is 0.456. The van der Waals surface area contributed by atoms with Crippen LogP contribution in [0.25, 0.3) is 0 Å². The van der Waals surface area contributed by atoms with Crippen molar-refractivity contribution < 1.29 is 24.0 Å². The highest BCUT2D eigenvalue weighted by Gasteiger charge is 2.47. The van der Waals surface area contributed by atoms with Crippen molar-refractivity contribution in [3.8, 4) is 0 Å². The maximum atomic E-state index is 13.5. The summed E-state index contributed by atoms with van der Waals surface area (Å²) in [4.78, 5) is 69.9. The van der Waals surface area contributed by atoms with Gasteiger partial charge in [-0.15, -0.1) is 11.3 Å². The van der Waals surface area contributed by atoms with Crippen LogP contribution in [0.3, 0.4) is 0 Å². The number of amides is 4. The fraction of sp³-hybridized carbons (Fsp3) is 0.444. The Bertz CT molecular complexity index is 1220. The molecule has 1 atom stereocenters. The number of hydrogen-bond donors (Lipinski definition) is 0. The summed E-state index contributed by atoms with van der Waals surface area (Å²) in [6.45, 7) is 5.67. The number of Topliss-reactive ketones (excluding diaryl/α,β-unsaturated/α-hetero) is 1. The second-order valence-electron chi connectivity index (χ2n) is 9.97. The molecule has 4 heterocycles. The largest absolute Gasteiger partial charge is 0.340 e. The average Bonchev–Trinajstić information content (AvgIpc) is 3.59. The molecule has 3 aliphatic heterocycles. The van der Waals surface area contributed by atoms with Crippen LogP contribution in [0, 0.1) is 5.41 Å². The Morgan fingerprint density at radius 1 is 0.889 bits per heavy atom. The monoisotopic (exact) mass is 507 g/mol. The van der Waals surface area contributed by atoms with Crippen LogP contribution < -0.4 is 0 Å². The van der Waals surface area contributed by atoms with Crippen LogP contribution >= 0.6 is 11.3 Å². The number of rotatable bonds is 5. The maximum Gasteiger partial charge on any atom is 0.263 e. The lowest BCUT2D eigenvalue weighted by Gasteiger charge is -2.39. The molecule has 0 aliphatic carbocycles. The van der Waals surface area contributed by atoms with Gasteiger partial charge in [0.2, 0.25) is 5.91 Å². The van der Waals surface area contributed by atoms with Crippen molar-refractivity contribution in [1.29, 1.82) is 0 Å². The fourth-order valence-electron chi connectivity index (χ4n) is 5.68. The summed E-state index contributed by atoms with van der Waals surface area (Å²) in [5.41, 5.74) is 0.641. The Balaban J connectivity index is 1.23. The van der Waals surface area contributed by atoms with E-state index in [0.29, 0.717) is 53.5 Å². The van der Waals surface area contributed by atoms with E-state index >= 15 is 0 Å². The summed E-state index contributed by atoms with van der Waals surface area (Å²) < 4.78 is 0. The topological polar surface area (TPSA) is 95.1 Å². The van der Waals surface area contributed by atoms with Gasteiger partial charge in [0.25, 0.3) is 17.7 Å². The lowest BCUT2D eigenvalue weighted by Crippen LogP contribution is -2.51. The lowest BCUT2D eigenvalue weighted by atomic mass is 9.77. The third-order valence-electron chi connectivity index (χ3n) is 7.83. The summed E-state index contributed by atoms with van der Waals surface area (Å²) >= 11 is 1.23. The Hall–Kier alpha value is -3.33. The number of benzene rings is 1. The summed E-state index contributed by atoms with van der Waals surface area (Å²) in [6.07, 6.45) is 2.78. The van der Waals surface area contributed by atoms with Crippen LogP contribution in [-0.2, 0) is 4.79 Å². The molecule has 188 valence electrons. The number of nitrogens with zero attached hydrogens (tertiary/aromatic N) is 3. The van der Waals surface area contributed by atoms with E-state index in [-0.39, 0.29) is 23.0 Å². The second kappa shape index (κ2) is 9.28. The highest BCUT2D eigenvalue weighted by molar-refractivity contribution is 7.15. The molecule has 1 aromatic heterocycles. The molecule has 8 nitrogen and oxygen atoms in total. The zero-order chi connectivity index (χ0) is 25.6. The first-order valence-corrected chi connectivity index (χ1v) is 13.2. The van der Waals surface area contributed by atoms with Crippen molar-refractivity contribution in [2.75, 3.05) is 26.2 Å². The highest BCUT2D eigenvalue weighted by Crippen LogP contribution is 2.41. The van der Waals surface area contributed by atoms with E-state index in [0.717, 1.165) is 24.2 Å². The number of fused-ring (bicyclic) bond motifs is 1. The molecule has 0 N–H and O–H groups in total. The molecule has 9 heteroatoms. The minimum atomic E-state index is -0.816. The number of carbonyl (C=O) groups excluding carboxylic acids is 5. The van der Waals surface area contributed by atoms with Crippen LogP contribution in [-0.4, -0.2) is 76.3 Å². The molecule has 2 fully saturated rings. The van der Waals surface area contributed by atoms with Crippen LogP contribution in [0.15, 0.2) is 36.4 Å². The number of thiophene rings is 1. The first kappa shape index (κ1) is 24.4. The molecule has 2 saturated heterocycles. The minimum absolute atomic E-state index is 0.0426. The predicted octanol–water partition coefficient (Wildman–Crippen LogP) is 3.48. The first-order valence-electron chi connectivity index (χ1n) is 12.4. The van der Waals surface area contributed by atoms with Crippen molar-refractivity contribution in [3.63, 3.8) is 0 Å². The van der Waals surface area contributed by atoms with Gasteiger partial charge in [-0.2, -0.15) is 0 Å². The van der Waals surface area contributed by atoms with Gasteiger partial charge in [-0.1, -0.05) is 19.1 Å². The van der Waals surface area contributed by atoms with Gasteiger partial charge in [0.05, 0.1) is 20.9 Å². The first-order chi connectivity index (χ1) is 17.2. The van der Waals surface area contributed by atoms with E-state index in [9.17, 15) is 24.0 Å². The standard InChI is InChI=1S/C27H29N3O5S/c1-3-20(30-23(32)18-6-4-5-7-19(18)24(30)33)25(34)29-15-12-27(16-29)10-13-28(14-11-27)26(35)22-9-8-21(36-22)17(2)31/h4-9,20H,3,10-16H2,1-2H3. The number of likely N-dealkylation sites (tertiary alicyclic amines) is 2. The number of ketones is 1. The van der Waals surface area contributed by atoms with Gasteiger partial charge >= 0.3 is 0 Å². The van der Waals surface area contributed by atoms with Gasteiger partial charge in [-0.3, -0.25) is 28.9 Å². The van der Waals surface area contributed by atoms with Gasteiger partial charge in [0.15, 0.2) is 5.78 Å². The summed E-state index contributed by atoms with van der Waals surface area (Å²) in [5.74, 6) is -1.09. The summed E-state index contributed by atoms with van der Waals surface area (Å²) in [7, 11) is 0. The number of imide groups is 1. The van der Waals surface area contributed by atoms with Crippen LogP contribution in [0.1, 0.15) is 79.6 Å². The van der Waals surface area contributed by atoms with Gasteiger partial charge < -0.3 is 9.80 Å². The molecule has 0 bridgehead atoms. The molecular formula is C27H29N3O5S. The smallest absolute Gasteiger partial charge is 0.263 e. The van der Waals surface area contributed by atoms with Crippen LogP contribution in [0.5, 0.6) is 0 Å². The molecule has 1 unspecified atom stereocenters. The predicted molar refractivity (Wildman–Crippen MR) is 134 cm³/mol. The normalized spacial score (nSPS) is 19.7. The Morgan fingerprint density at radius 3 is 1.97 bits per heavy atom. The highest BCUT2D eigenvalue weighted by atomic mass is 32.1. The number of hydrogen-bond acceptors (Lipinski definition) is 6. The molecule has 0 saturated carbocycles. The van der Waals surface area contributed by atoms with Gasteiger partial charge in [-0.05, 0) is 62.3 Å². The molecule has 3 aliphatic rings. The molecule has 4 amide bonds. The third kappa shape index (κ3) is 4.05. The van der Waals surface area contributed by atoms with E-state index in [1.165, 1.54) is 18.3 Å². The Kier molecular flexibility index (Phi) is 6.28. The third-order valence-corrected chi connectivity index (χ3v) is 9.01. The van der Waals surface area contributed by atoms with Gasteiger partial charge in [0.1, 0.15) is 6.04 Å². The van der Waals surface area contributed by atoms with E-state index in [1.54, 1.807) is 41.3 Å². The second-order valence-corrected chi connectivity index (χ2v) is 11.1. The average molecular weight is 508 g/mol. The number of piperidine rings is 1. The van der Waals surface area contributed by atoms with Crippen molar-refractivity contribution in [3.05, 3.63) is 57.3 Å². The van der Waals surface area contributed by atoms with Gasteiger partial charge in [-0.25, -0.2) is 0 Å². The number of carbonyl (C=O) groups is 5. The van der Waals surface area contributed by atoms with E-state index in [2.05, 4.69) is 0 Å². The van der Waals surface area contributed by atoms with Gasteiger partial charge in [0, 0.05) is 26.2 Å².